The van der Waals surface area contributed by atoms with Crippen LogP contribution in [0.3, 0.4) is 0 Å². The monoisotopic (exact) mass is 250 g/mol. The van der Waals surface area contributed by atoms with Crippen molar-refractivity contribution in [3.8, 4) is 5.75 Å². The van der Waals surface area contributed by atoms with Crippen LogP contribution < -0.4 is 11.1 Å². The van der Waals surface area contributed by atoms with Crippen LogP contribution in [0.25, 0.3) is 0 Å². The van der Waals surface area contributed by atoms with E-state index in [1.54, 1.807) is 6.07 Å². The standard InChI is InChI=1S/C14H22N2O2/c1-14(2,3)11-6-4-5-10(13(11)18)9-12(17)16-8-7-15/h4-6,18H,7-9,15H2,1-3H3,(H,16,17). The second kappa shape index (κ2) is 5.87. The van der Waals surface area contributed by atoms with Crippen LogP contribution >= 0.6 is 0 Å². The summed E-state index contributed by atoms with van der Waals surface area (Å²) in [5.41, 5.74) is 6.68. The molecule has 100 valence electrons. The van der Waals surface area contributed by atoms with Crippen molar-refractivity contribution in [2.24, 2.45) is 5.73 Å². The molecule has 0 aromatic heterocycles. The van der Waals surface area contributed by atoms with Crippen molar-refractivity contribution < 1.29 is 9.90 Å². The highest BCUT2D eigenvalue weighted by Gasteiger charge is 2.20. The van der Waals surface area contributed by atoms with Gasteiger partial charge in [0.1, 0.15) is 5.75 Å². The fourth-order valence-electron chi connectivity index (χ4n) is 1.79. The number of para-hydroxylation sites is 1. The number of amides is 1. The van der Waals surface area contributed by atoms with Crippen molar-refractivity contribution in [3.63, 3.8) is 0 Å². The summed E-state index contributed by atoms with van der Waals surface area (Å²) in [5.74, 6) is 0.0923. The summed E-state index contributed by atoms with van der Waals surface area (Å²) >= 11 is 0. The van der Waals surface area contributed by atoms with Crippen LogP contribution in [-0.4, -0.2) is 24.1 Å². The Bertz CT molecular complexity index is 422. The van der Waals surface area contributed by atoms with Crippen molar-refractivity contribution in [1.29, 1.82) is 0 Å². The zero-order valence-corrected chi connectivity index (χ0v) is 11.3. The number of benzene rings is 1. The molecule has 0 heterocycles. The van der Waals surface area contributed by atoms with Gasteiger partial charge < -0.3 is 16.2 Å². The van der Waals surface area contributed by atoms with Crippen LogP contribution in [0.4, 0.5) is 0 Å². The Balaban J connectivity index is 2.88. The quantitative estimate of drug-likeness (QED) is 0.754. The van der Waals surface area contributed by atoms with Crippen LogP contribution in [0.5, 0.6) is 5.75 Å². The van der Waals surface area contributed by atoms with Crippen LogP contribution in [0.2, 0.25) is 0 Å². The number of hydrogen-bond donors (Lipinski definition) is 3. The van der Waals surface area contributed by atoms with Gasteiger partial charge in [0, 0.05) is 18.7 Å². The highest BCUT2D eigenvalue weighted by atomic mass is 16.3. The van der Waals surface area contributed by atoms with Gasteiger partial charge in [-0.05, 0) is 11.0 Å². The van der Waals surface area contributed by atoms with Gasteiger partial charge in [-0.25, -0.2) is 0 Å². The molecule has 1 aromatic rings. The Kier molecular flexibility index (Phi) is 4.73. The number of carbonyl (C=O) groups is 1. The average Bonchev–Trinajstić information content (AvgIpc) is 2.27. The van der Waals surface area contributed by atoms with Gasteiger partial charge in [-0.2, -0.15) is 0 Å². The molecule has 0 bridgehead atoms. The molecule has 1 amide bonds. The Morgan fingerprint density at radius 1 is 1.39 bits per heavy atom. The molecule has 0 atom stereocenters. The molecule has 1 aromatic carbocycles. The highest BCUT2D eigenvalue weighted by Crippen LogP contribution is 2.33. The zero-order chi connectivity index (χ0) is 13.8. The van der Waals surface area contributed by atoms with Gasteiger partial charge >= 0.3 is 0 Å². The molecule has 0 aliphatic carbocycles. The van der Waals surface area contributed by atoms with E-state index in [0.717, 1.165) is 5.56 Å². The first kappa shape index (κ1) is 14.5. The fourth-order valence-corrected chi connectivity index (χ4v) is 1.79. The third-order valence-corrected chi connectivity index (χ3v) is 2.75. The number of phenolic OH excluding ortho intramolecular Hbond substituents is 1. The first-order chi connectivity index (χ1) is 8.36. The van der Waals surface area contributed by atoms with E-state index in [0.29, 0.717) is 18.7 Å². The van der Waals surface area contributed by atoms with Crippen molar-refractivity contribution in [2.45, 2.75) is 32.6 Å². The molecule has 4 nitrogen and oxygen atoms in total. The Hall–Kier alpha value is -1.55. The largest absolute Gasteiger partial charge is 0.507 e. The number of phenols is 1. The maximum Gasteiger partial charge on any atom is 0.224 e. The van der Waals surface area contributed by atoms with Crippen molar-refractivity contribution in [3.05, 3.63) is 29.3 Å². The number of aromatic hydroxyl groups is 1. The molecule has 0 radical (unpaired) electrons. The number of hydrogen-bond acceptors (Lipinski definition) is 3. The summed E-state index contributed by atoms with van der Waals surface area (Å²) in [6, 6.07) is 5.52. The molecule has 0 saturated carbocycles. The number of carbonyl (C=O) groups excluding carboxylic acids is 1. The number of nitrogens with two attached hydrogens (primary N) is 1. The lowest BCUT2D eigenvalue weighted by atomic mass is 9.85. The van der Waals surface area contributed by atoms with Gasteiger partial charge in [0.15, 0.2) is 0 Å². The predicted molar refractivity (Wildman–Crippen MR) is 72.6 cm³/mol. The van der Waals surface area contributed by atoms with E-state index in [1.165, 1.54) is 0 Å². The Morgan fingerprint density at radius 2 is 2.06 bits per heavy atom. The third-order valence-electron chi connectivity index (χ3n) is 2.75. The summed E-state index contributed by atoms with van der Waals surface area (Å²) in [4.78, 5) is 11.6. The molecular weight excluding hydrogens is 228 g/mol. The van der Waals surface area contributed by atoms with Crippen LogP contribution in [0.1, 0.15) is 31.9 Å². The summed E-state index contributed by atoms with van der Waals surface area (Å²) in [7, 11) is 0. The summed E-state index contributed by atoms with van der Waals surface area (Å²) in [6.45, 7) is 6.96. The normalized spacial score (nSPS) is 11.3. The molecule has 0 aliphatic rings. The maximum absolute atomic E-state index is 11.6. The van der Waals surface area contributed by atoms with Crippen LogP contribution in [-0.2, 0) is 16.6 Å². The minimum Gasteiger partial charge on any atom is -0.507 e. The lowest BCUT2D eigenvalue weighted by molar-refractivity contribution is -0.120. The van der Waals surface area contributed by atoms with Crippen molar-refractivity contribution >= 4 is 5.91 Å². The van der Waals surface area contributed by atoms with E-state index in [9.17, 15) is 9.90 Å². The first-order valence-electron chi connectivity index (χ1n) is 6.14. The molecule has 4 N–H and O–H groups in total. The van der Waals surface area contributed by atoms with Gasteiger partial charge in [-0.3, -0.25) is 4.79 Å². The van der Waals surface area contributed by atoms with Crippen LogP contribution in [0.15, 0.2) is 18.2 Å². The minimum absolute atomic E-state index is 0.123. The molecule has 18 heavy (non-hydrogen) atoms. The van der Waals surface area contributed by atoms with E-state index in [-0.39, 0.29) is 23.5 Å². The lowest BCUT2D eigenvalue weighted by Gasteiger charge is -2.21. The maximum atomic E-state index is 11.6. The SMILES string of the molecule is CC(C)(C)c1cccc(CC(=O)NCCN)c1O. The smallest absolute Gasteiger partial charge is 0.224 e. The Labute approximate surface area is 108 Å². The highest BCUT2D eigenvalue weighted by molar-refractivity contribution is 5.79. The van der Waals surface area contributed by atoms with Gasteiger partial charge in [0.25, 0.3) is 0 Å². The van der Waals surface area contributed by atoms with Gasteiger partial charge in [0.2, 0.25) is 5.91 Å². The van der Waals surface area contributed by atoms with E-state index in [4.69, 9.17) is 5.73 Å². The van der Waals surface area contributed by atoms with Gasteiger partial charge in [0.05, 0.1) is 6.42 Å². The topological polar surface area (TPSA) is 75.4 Å². The van der Waals surface area contributed by atoms with E-state index >= 15 is 0 Å². The summed E-state index contributed by atoms with van der Waals surface area (Å²) < 4.78 is 0. The molecular formula is C14H22N2O2. The zero-order valence-electron chi connectivity index (χ0n) is 11.3. The molecule has 1 rings (SSSR count). The Morgan fingerprint density at radius 3 is 2.61 bits per heavy atom. The van der Waals surface area contributed by atoms with Gasteiger partial charge in [-0.15, -0.1) is 0 Å². The summed E-state index contributed by atoms with van der Waals surface area (Å²) in [6.07, 6.45) is 0.176. The molecule has 0 aliphatic heterocycles. The second-order valence-electron chi connectivity index (χ2n) is 5.38. The average molecular weight is 250 g/mol. The molecule has 0 fully saturated rings. The first-order valence-corrected chi connectivity index (χ1v) is 6.14. The van der Waals surface area contributed by atoms with E-state index < -0.39 is 0 Å². The fraction of sp³-hybridized carbons (Fsp3) is 0.500. The van der Waals surface area contributed by atoms with Crippen LogP contribution in [0, 0.1) is 0 Å². The molecule has 0 unspecified atom stereocenters. The van der Waals surface area contributed by atoms with E-state index in [1.807, 2.05) is 32.9 Å². The number of nitrogens with one attached hydrogen (secondary N) is 1. The minimum atomic E-state index is -0.145. The summed E-state index contributed by atoms with van der Waals surface area (Å²) in [5, 5.41) is 12.9. The predicted octanol–water partition coefficient (Wildman–Crippen LogP) is 1.31. The van der Waals surface area contributed by atoms with Gasteiger partial charge in [-0.1, -0.05) is 39.0 Å². The number of rotatable bonds is 4. The lowest BCUT2D eigenvalue weighted by Crippen LogP contribution is -2.30. The van der Waals surface area contributed by atoms with Crippen molar-refractivity contribution in [2.75, 3.05) is 13.1 Å². The third kappa shape index (κ3) is 3.74. The van der Waals surface area contributed by atoms with Crippen molar-refractivity contribution in [1.82, 2.24) is 5.32 Å². The molecule has 0 spiro atoms. The molecule has 4 heteroatoms. The van der Waals surface area contributed by atoms with E-state index in [2.05, 4.69) is 5.32 Å². The second-order valence-corrected chi connectivity index (χ2v) is 5.38. The molecule has 0 saturated heterocycles.